The number of carbonyl (C=O) groups is 1. The Kier molecular flexibility index (Phi) is 6.78. The van der Waals surface area contributed by atoms with Gasteiger partial charge in [-0.15, -0.1) is 10.2 Å². The van der Waals surface area contributed by atoms with Gasteiger partial charge in [0.25, 0.3) is 0 Å². The van der Waals surface area contributed by atoms with E-state index in [0.717, 1.165) is 5.56 Å². The molecule has 0 bridgehead atoms. The summed E-state index contributed by atoms with van der Waals surface area (Å²) in [5.41, 5.74) is 2.21. The van der Waals surface area contributed by atoms with Gasteiger partial charge in [0.2, 0.25) is 15.8 Å². The molecular weight excluding hydrogens is 470 g/mol. The number of aromatic nitrogens is 4. The molecule has 180 valence electrons. The zero-order valence-electron chi connectivity index (χ0n) is 19.3. The highest BCUT2D eigenvalue weighted by molar-refractivity contribution is 7.89. The number of pyridine rings is 1. The van der Waals surface area contributed by atoms with Crippen LogP contribution in [0.3, 0.4) is 0 Å². The Hall–Kier alpha value is -4.25. The number of sulfonamides is 1. The average molecular weight is 494 g/mol. The van der Waals surface area contributed by atoms with Crippen LogP contribution in [0, 0.1) is 6.92 Å². The highest BCUT2D eigenvalue weighted by atomic mass is 32.2. The quantitative estimate of drug-likeness (QED) is 0.397. The second-order valence-electron chi connectivity index (χ2n) is 7.59. The molecule has 0 aliphatic heterocycles. The number of methoxy groups -OCH3 is 2. The van der Waals surface area contributed by atoms with Crippen molar-refractivity contribution in [3.63, 3.8) is 0 Å². The first-order chi connectivity index (χ1) is 16.8. The van der Waals surface area contributed by atoms with E-state index >= 15 is 0 Å². The van der Waals surface area contributed by atoms with Gasteiger partial charge in [0, 0.05) is 6.20 Å². The summed E-state index contributed by atoms with van der Waals surface area (Å²) in [6.07, 6.45) is 1.65. The molecular formula is C24H23N5O5S. The van der Waals surface area contributed by atoms with Crippen LogP contribution < -0.4 is 14.2 Å². The highest BCUT2D eigenvalue weighted by Gasteiger charge is 2.28. The molecule has 35 heavy (non-hydrogen) atoms. The summed E-state index contributed by atoms with van der Waals surface area (Å²) in [5, 5.41) is 8.18. The number of hydrogen-bond donors (Lipinski definition) is 1. The maximum Gasteiger partial charge on any atom is 0.303 e. The van der Waals surface area contributed by atoms with Gasteiger partial charge in [-0.2, -0.15) is 0 Å². The predicted molar refractivity (Wildman–Crippen MR) is 129 cm³/mol. The van der Waals surface area contributed by atoms with Crippen LogP contribution in [0.2, 0.25) is 0 Å². The number of aryl methyl sites for hydroxylation is 1. The van der Waals surface area contributed by atoms with E-state index < -0.39 is 15.9 Å². The zero-order chi connectivity index (χ0) is 25.0. The van der Waals surface area contributed by atoms with Crippen molar-refractivity contribution in [1.82, 2.24) is 24.5 Å². The van der Waals surface area contributed by atoms with Crippen LogP contribution >= 0.6 is 0 Å². The fourth-order valence-corrected chi connectivity index (χ4v) is 4.55. The van der Waals surface area contributed by atoms with E-state index in [0.29, 0.717) is 28.4 Å². The molecule has 0 saturated heterocycles. The number of amides is 1. The van der Waals surface area contributed by atoms with Gasteiger partial charge in [-0.3, -0.25) is 14.3 Å². The maximum absolute atomic E-state index is 13.2. The topological polar surface area (TPSA) is 125 Å². The number of para-hydroxylation sites is 1. The SMILES string of the molecule is COc1cccc(OC)c1-n1c(C(=O)NS(=O)(=O)Cc2ccccc2)nnc1-c1ccc(C)cn1. The van der Waals surface area contributed by atoms with E-state index in [4.69, 9.17) is 9.47 Å². The lowest BCUT2D eigenvalue weighted by Crippen LogP contribution is -2.33. The maximum atomic E-state index is 13.2. The van der Waals surface area contributed by atoms with Crippen molar-refractivity contribution in [3.05, 3.63) is 83.8 Å². The zero-order valence-corrected chi connectivity index (χ0v) is 20.1. The van der Waals surface area contributed by atoms with Crippen molar-refractivity contribution in [2.45, 2.75) is 12.7 Å². The highest BCUT2D eigenvalue weighted by Crippen LogP contribution is 2.36. The minimum atomic E-state index is -4.03. The molecule has 2 aromatic carbocycles. The van der Waals surface area contributed by atoms with Crippen molar-refractivity contribution in [2.75, 3.05) is 14.2 Å². The molecule has 2 aromatic heterocycles. The Morgan fingerprint density at radius 2 is 1.63 bits per heavy atom. The Morgan fingerprint density at radius 3 is 2.23 bits per heavy atom. The van der Waals surface area contributed by atoms with E-state index in [-0.39, 0.29) is 17.4 Å². The number of benzene rings is 2. The third-order valence-electron chi connectivity index (χ3n) is 5.08. The number of ether oxygens (including phenoxy) is 2. The first-order valence-corrected chi connectivity index (χ1v) is 12.2. The summed E-state index contributed by atoms with van der Waals surface area (Å²) in [7, 11) is -1.09. The van der Waals surface area contributed by atoms with Gasteiger partial charge in [-0.05, 0) is 36.2 Å². The molecule has 1 N–H and O–H groups in total. The minimum absolute atomic E-state index is 0.207. The Labute approximate surface area is 202 Å². The van der Waals surface area contributed by atoms with E-state index in [2.05, 4.69) is 19.9 Å². The molecule has 4 aromatic rings. The van der Waals surface area contributed by atoms with Crippen molar-refractivity contribution >= 4 is 15.9 Å². The molecule has 0 radical (unpaired) electrons. The fourth-order valence-electron chi connectivity index (χ4n) is 3.48. The molecule has 2 heterocycles. The Bertz CT molecular complexity index is 1430. The first-order valence-electron chi connectivity index (χ1n) is 10.5. The first kappa shape index (κ1) is 23.9. The average Bonchev–Trinajstić information content (AvgIpc) is 3.28. The molecule has 1 amide bonds. The van der Waals surface area contributed by atoms with Crippen LogP contribution in [0.1, 0.15) is 21.7 Å². The third kappa shape index (κ3) is 5.14. The van der Waals surface area contributed by atoms with Crippen molar-refractivity contribution < 1.29 is 22.7 Å². The van der Waals surface area contributed by atoms with Crippen molar-refractivity contribution in [1.29, 1.82) is 0 Å². The minimum Gasteiger partial charge on any atom is -0.494 e. The Balaban J connectivity index is 1.83. The van der Waals surface area contributed by atoms with Gasteiger partial charge in [0.05, 0.1) is 20.0 Å². The van der Waals surface area contributed by atoms with Gasteiger partial charge in [-0.1, -0.05) is 42.5 Å². The molecule has 4 rings (SSSR count). The monoisotopic (exact) mass is 493 g/mol. The summed E-state index contributed by atoms with van der Waals surface area (Å²) >= 11 is 0. The van der Waals surface area contributed by atoms with E-state index in [9.17, 15) is 13.2 Å². The second-order valence-corrected chi connectivity index (χ2v) is 9.31. The third-order valence-corrected chi connectivity index (χ3v) is 6.29. The largest absolute Gasteiger partial charge is 0.494 e. The summed E-state index contributed by atoms with van der Waals surface area (Å²) in [4.78, 5) is 17.6. The van der Waals surface area contributed by atoms with Gasteiger partial charge >= 0.3 is 5.91 Å². The summed E-state index contributed by atoms with van der Waals surface area (Å²) in [6, 6.07) is 17.2. The van der Waals surface area contributed by atoms with Crippen LogP contribution in [0.4, 0.5) is 0 Å². The number of nitrogens with one attached hydrogen (secondary N) is 1. The van der Waals surface area contributed by atoms with Crippen LogP contribution in [0.5, 0.6) is 11.5 Å². The lowest BCUT2D eigenvalue weighted by atomic mass is 10.2. The summed E-state index contributed by atoms with van der Waals surface area (Å²) in [6.45, 7) is 1.89. The number of carbonyl (C=O) groups excluding carboxylic acids is 1. The lowest BCUT2D eigenvalue weighted by Gasteiger charge is -2.17. The smallest absolute Gasteiger partial charge is 0.303 e. The van der Waals surface area contributed by atoms with Gasteiger partial charge < -0.3 is 9.47 Å². The van der Waals surface area contributed by atoms with Crippen LogP contribution in [0.25, 0.3) is 17.2 Å². The van der Waals surface area contributed by atoms with Crippen molar-refractivity contribution in [3.8, 4) is 28.7 Å². The molecule has 0 spiro atoms. The second kappa shape index (κ2) is 9.94. The standard InChI is InChI=1S/C24H23N5O5S/c1-16-12-13-18(25-14-16)22-26-27-23(29(22)21-19(33-2)10-7-11-20(21)34-3)24(30)28-35(31,32)15-17-8-5-4-6-9-17/h4-14H,15H2,1-3H3,(H,28,30). The van der Waals surface area contributed by atoms with Crippen LogP contribution in [-0.4, -0.2) is 48.3 Å². The number of rotatable bonds is 8. The summed E-state index contributed by atoms with van der Waals surface area (Å²) < 4.78 is 40.0. The van der Waals surface area contributed by atoms with E-state index in [1.807, 2.05) is 13.0 Å². The van der Waals surface area contributed by atoms with E-state index in [1.54, 1.807) is 60.8 Å². The molecule has 0 atom stereocenters. The molecule has 0 aliphatic rings. The summed E-state index contributed by atoms with van der Waals surface area (Å²) in [5.74, 6) is -0.685. The predicted octanol–water partition coefficient (Wildman–Crippen LogP) is 2.91. The van der Waals surface area contributed by atoms with Crippen LogP contribution in [0.15, 0.2) is 66.9 Å². The molecule has 11 heteroatoms. The molecule has 0 fully saturated rings. The van der Waals surface area contributed by atoms with Gasteiger partial charge in [0.15, 0.2) is 5.82 Å². The number of nitrogens with zero attached hydrogens (tertiary/aromatic N) is 4. The molecule has 0 unspecified atom stereocenters. The normalized spacial score (nSPS) is 11.2. The number of hydrogen-bond acceptors (Lipinski definition) is 8. The fraction of sp³-hybridized carbons (Fsp3) is 0.167. The van der Waals surface area contributed by atoms with Crippen molar-refractivity contribution in [2.24, 2.45) is 0 Å². The van der Waals surface area contributed by atoms with E-state index in [1.165, 1.54) is 18.8 Å². The molecule has 10 nitrogen and oxygen atoms in total. The van der Waals surface area contributed by atoms with Gasteiger partial charge in [0.1, 0.15) is 22.9 Å². The Morgan fingerprint density at radius 1 is 0.943 bits per heavy atom. The molecule has 0 saturated carbocycles. The van der Waals surface area contributed by atoms with Crippen LogP contribution in [-0.2, 0) is 15.8 Å². The van der Waals surface area contributed by atoms with Gasteiger partial charge in [-0.25, -0.2) is 13.1 Å². The lowest BCUT2D eigenvalue weighted by molar-refractivity contribution is 0.0969. The molecule has 0 aliphatic carbocycles.